The van der Waals surface area contributed by atoms with E-state index in [0.29, 0.717) is 25.6 Å². The van der Waals surface area contributed by atoms with Gasteiger partial charge in [0.25, 0.3) is 0 Å². The molecule has 122 valence electrons. The van der Waals surface area contributed by atoms with Crippen LogP contribution in [0.2, 0.25) is 0 Å². The summed E-state index contributed by atoms with van der Waals surface area (Å²) in [6.07, 6.45) is 3.27. The number of aliphatic imine (C=N–C) groups is 1. The first-order valence-electron chi connectivity index (χ1n) is 8.43. The molecular weight excluding hydrogens is 290 g/mol. The third-order valence-corrected chi connectivity index (χ3v) is 4.93. The zero-order chi connectivity index (χ0) is 15.8. The van der Waals surface area contributed by atoms with Gasteiger partial charge in [0.05, 0.1) is 36.6 Å². The summed E-state index contributed by atoms with van der Waals surface area (Å²) in [6, 6.07) is 6.48. The van der Waals surface area contributed by atoms with E-state index in [1.165, 1.54) is 18.5 Å². The van der Waals surface area contributed by atoms with Crippen molar-refractivity contribution in [2.24, 2.45) is 12.0 Å². The maximum absolute atomic E-state index is 10.6. The predicted octanol–water partition coefficient (Wildman–Crippen LogP) is 2.69. The molecule has 2 aromatic rings. The highest BCUT2D eigenvalue weighted by atomic mass is 16.5. The Morgan fingerprint density at radius 2 is 2.00 bits per heavy atom. The van der Waals surface area contributed by atoms with Gasteiger partial charge in [-0.1, -0.05) is 0 Å². The Kier molecular flexibility index (Phi) is 3.73. The lowest BCUT2D eigenvalue weighted by molar-refractivity contribution is 0.153. The van der Waals surface area contributed by atoms with Gasteiger partial charge in [-0.15, -0.1) is 0 Å². The van der Waals surface area contributed by atoms with E-state index in [1.54, 1.807) is 0 Å². The number of hydrogen-bond acceptors (Lipinski definition) is 4. The van der Waals surface area contributed by atoms with Gasteiger partial charge < -0.3 is 19.3 Å². The molecule has 3 heterocycles. The van der Waals surface area contributed by atoms with E-state index in [4.69, 9.17) is 4.74 Å². The summed E-state index contributed by atoms with van der Waals surface area (Å²) in [5.41, 5.74) is 4.14. The van der Waals surface area contributed by atoms with Crippen LogP contribution >= 0.6 is 0 Å². The molecule has 0 unspecified atom stereocenters. The van der Waals surface area contributed by atoms with Crippen LogP contribution in [0.25, 0.3) is 10.9 Å². The topological polar surface area (TPSA) is 50.0 Å². The first-order chi connectivity index (χ1) is 11.3. The summed E-state index contributed by atoms with van der Waals surface area (Å²) >= 11 is 0. The molecule has 1 aromatic heterocycles. The molecule has 1 N–H and O–H groups in total. The largest absolute Gasteiger partial charge is 0.494 e. The normalized spacial score (nSPS) is 19.2. The number of rotatable bonds is 2. The second-order valence-corrected chi connectivity index (χ2v) is 6.34. The van der Waals surface area contributed by atoms with Crippen LogP contribution in [-0.4, -0.2) is 48.2 Å². The van der Waals surface area contributed by atoms with Crippen LogP contribution < -0.4 is 4.90 Å². The van der Waals surface area contributed by atoms with E-state index in [1.807, 2.05) is 11.6 Å². The average Bonchev–Trinajstić information content (AvgIpc) is 3.08. The first kappa shape index (κ1) is 14.6. The van der Waals surface area contributed by atoms with Gasteiger partial charge in [0.15, 0.2) is 0 Å². The van der Waals surface area contributed by atoms with Crippen LogP contribution in [0.15, 0.2) is 23.2 Å². The monoisotopic (exact) mass is 313 g/mol. The van der Waals surface area contributed by atoms with Gasteiger partial charge in [0.2, 0.25) is 5.88 Å². The van der Waals surface area contributed by atoms with Crippen LogP contribution in [0.1, 0.15) is 24.8 Å². The van der Waals surface area contributed by atoms with Crippen molar-refractivity contribution in [3.63, 3.8) is 0 Å². The lowest BCUT2D eigenvalue weighted by Gasteiger charge is -2.17. The first-order valence-corrected chi connectivity index (χ1v) is 8.43. The van der Waals surface area contributed by atoms with Gasteiger partial charge >= 0.3 is 0 Å². The van der Waals surface area contributed by atoms with Crippen molar-refractivity contribution < 1.29 is 9.84 Å². The number of ether oxygens (including phenoxy) is 1. The van der Waals surface area contributed by atoms with Crippen molar-refractivity contribution in [3.8, 4) is 5.88 Å². The van der Waals surface area contributed by atoms with E-state index >= 15 is 0 Å². The van der Waals surface area contributed by atoms with Crippen LogP contribution in [0.3, 0.4) is 0 Å². The zero-order valence-corrected chi connectivity index (χ0v) is 13.6. The minimum atomic E-state index is 0.305. The lowest BCUT2D eigenvalue weighted by atomic mass is 10.0. The summed E-state index contributed by atoms with van der Waals surface area (Å²) in [6.45, 7) is 4.23. The van der Waals surface area contributed by atoms with Gasteiger partial charge in [-0.2, -0.15) is 0 Å². The summed E-state index contributed by atoms with van der Waals surface area (Å²) in [4.78, 5) is 7.07. The summed E-state index contributed by atoms with van der Waals surface area (Å²) in [5.74, 6) is 0.305. The summed E-state index contributed by atoms with van der Waals surface area (Å²) in [5, 5.41) is 11.7. The molecule has 0 saturated carbocycles. The predicted molar refractivity (Wildman–Crippen MR) is 92.9 cm³/mol. The third kappa shape index (κ3) is 2.49. The SMILES string of the molecule is Cn1c(O)c(C2=NCCOCC2)c2cc(N3CCCC3)ccc21. The molecule has 1 fully saturated rings. The Balaban J connectivity index is 1.85. The molecule has 4 rings (SSSR count). The maximum atomic E-state index is 10.6. The van der Waals surface area contributed by atoms with Crippen LogP contribution in [0, 0.1) is 0 Å². The highest BCUT2D eigenvalue weighted by molar-refractivity contribution is 6.14. The minimum absolute atomic E-state index is 0.305. The van der Waals surface area contributed by atoms with Crippen molar-refractivity contribution in [1.82, 2.24) is 4.57 Å². The highest BCUT2D eigenvalue weighted by Gasteiger charge is 2.22. The van der Waals surface area contributed by atoms with Gasteiger partial charge in [0.1, 0.15) is 0 Å². The van der Waals surface area contributed by atoms with Gasteiger partial charge in [-0.3, -0.25) is 4.99 Å². The van der Waals surface area contributed by atoms with E-state index in [-0.39, 0.29) is 0 Å². The summed E-state index contributed by atoms with van der Waals surface area (Å²) in [7, 11) is 1.91. The molecular formula is C18H23N3O2. The molecule has 5 nitrogen and oxygen atoms in total. The van der Waals surface area contributed by atoms with Crippen molar-refractivity contribution in [2.45, 2.75) is 19.3 Å². The highest BCUT2D eigenvalue weighted by Crippen LogP contribution is 2.35. The lowest BCUT2D eigenvalue weighted by Crippen LogP contribution is -2.17. The quantitative estimate of drug-likeness (QED) is 0.927. The van der Waals surface area contributed by atoms with Gasteiger partial charge in [-0.05, 0) is 31.0 Å². The minimum Gasteiger partial charge on any atom is -0.494 e. The molecule has 0 amide bonds. The molecule has 0 bridgehead atoms. The number of aryl methyl sites for hydroxylation is 1. The van der Waals surface area contributed by atoms with E-state index in [9.17, 15) is 5.11 Å². The number of aromatic nitrogens is 1. The fraction of sp³-hybridized carbons (Fsp3) is 0.500. The number of hydrogen-bond donors (Lipinski definition) is 1. The molecule has 1 saturated heterocycles. The molecule has 2 aliphatic rings. The van der Waals surface area contributed by atoms with Gasteiger partial charge in [0, 0.05) is 37.6 Å². The molecule has 2 aliphatic heterocycles. The third-order valence-electron chi connectivity index (χ3n) is 4.93. The Hall–Kier alpha value is -2.01. The molecule has 1 aromatic carbocycles. The molecule has 23 heavy (non-hydrogen) atoms. The fourth-order valence-electron chi connectivity index (χ4n) is 3.67. The van der Waals surface area contributed by atoms with E-state index in [2.05, 4.69) is 28.1 Å². The van der Waals surface area contributed by atoms with Crippen molar-refractivity contribution in [3.05, 3.63) is 23.8 Å². The number of benzene rings is 1. The Morgan fingerprint density at radius 3 is 2.83 bits per heavy atom. The molecule has 0 aliphatic carbocycles. The second kappa shape index (κ2) is 5.89. The molecule has 5 heteroatoms. The summed E-state index contributed by atoms with van der Waals surface area (Å²) < 4.78 is 7.35. The molecule has 0 spiro atoms. The van der Waals surface area contributed by atoms with Crippen molar-refractivity contribution in [1.29, 1.82) is 0 Å². The Morgan fingerprint density at radius 1 is 1.17 bits per heavy atom. The van der Waals surface area contributed by atoms with Crippen LogP contribution in [-0.2, 0) is 11.8 Å². The van der Waals surface area contributed by atoms with Gasteiger partial charge in [-0.25, -0.2) is 0 Å². The Bertz CT molecular complexity index is 757. The van der Waals surface area contributed by atoms with E-state index in [0.717, 1.165) is 41.7 Å². The average molecular weight is 313 g/mol. The Labute approximate surface area is 136 Å². The second-order valence-electron chi connectivity index (χ2n) is 6.34. The van der Waals surface area contributed by atoms with E-state index < -0.39 is 0 Å². The number of fused-ring (bicyclic) bond motifs is 1. The fourth-order valence-corrected chi connectivity index (χ4v) is 3.67. The molecule has 0 radical (unpaired) electrons. The number of anilines is 1. The van der Waals surface area contributed by atoms with Crippen molar-refractivity contribution in [2.75, 3.05) is 37.7 Å². The maximum Gasteiger partial charge on any atom is 0.201 e. The standard InChI is InChI=1S/C18H23N3O2/c1-20-16-5-4-13(21-8-2-3-9-21)12-14(16)17(18(20)22)15-6-10-23-11-7-19-15/h4-5,12,22H,2-3,6-11H2,1H3. The molecule has 0 atom stereocenters. The van der Waals surface area contributed by atoms with Crippen LogP contribution in [0.5, 0.6) is 5.88 Å². The smallest absolute Gasteiger partial charge is 0.201 e. The van der Waals surface area contributed by atoms with Crippen molar-refractivity contribution >= 4 is 22.3 Å². The van der Waals surface area contributed by atoms with Crippen LogP contribution in [0.4, 0.5) is 5.69 Å². The zero-order valence-electron chi connectivity index (χ0n) is 13.6. The number of nitrogens with zero attached hydrogens (tertiary/aromatic N) is 3. The number of aromatic hydroxyl groups is 1.